The first-order valence-corrected chi connectivity index (χ1v) is 17.4. The number of halogens is 2. The van der Waals surface area contributed by atoms with E-state index in [0.717, 1.165) is 4.57 Å². The van der Waals surface area contributed by atoms with E-state index in [1.165, 1.54) is 98.1 Å². The maximum atomic E-state index is 15.2. The normalized spacial score (nSPS) is 12.0. The van der Waals surface area contributed by atoms with Crippen molar-refractivity contribution in [3.63, 3.8) is 0 Å². The fourth-order valence-electron chi connectivity index (χ4n) is 5.51. The smallest absolute Gasteiger partial charge is 0.335 e. The number of amides is 1. The molecule has 0 unspecified atom stereocenters. The van der Waals surface area contributed by atoms with Gasteiger partial charge in [-0.1, -0.05) is 24.3 Å². The Morgan fingerprint density at radius 3 is 2.26 bits per heavy atom. The van der Waals surface area contributed by atoms with Gasteiger partial charge in [0.15, 0.2) is 5.82 Å². The summed E-state index contributed by atoms with van der Waals surface area (Å²) in [4.78, 5) is 63.1. The molecule has 276 valence electrons. The molecule has 6 aromatic rings. The van der Waals surface area contributed by atoms with Crippen molar-refractivity contribution < 1.29 is 36.6 Å². The van der Waals surface area contributed by atoms with Gasteiger partial charge in [0.25, 0.3) is 21.5 Å². The number of aromatic nitrogens is 5. The zero-order valence-electron chi connectivity index (χ0n) is 28.4. The molecular formula is C36H29F2N7O8S. The Morgan fingerprint density at radius 1 is 0.926 bits per heavy atom. The topological polar surface area (TPSA) is 204 Å². The maximum Gasteiger partial charge on any atom is 0.335 e. The van der Waals surface area contributed by atoms with Crippen LogP contribution in [0.25, 0.3) is 27.7 Å². The number of nitrogens with one attached hydrogen (secondary N) is 2. The molecule has 3 aromatic heterocycles. The van der Waals surface area contributed by atoms with Gasteiger partial charge in [-0.25, -0.2) is 41.3 Å². The summed E-state index contributed by atoms with van der Waals surface area (Å²) < 4.78 is 65.5. The number of hydrogen-bond acceptors (Lipinski definition) is 10. The number of rotatable bonds is 12. The molecular weight excluding hydrogens is 728 g/mol. The number of methoxy groups -OCH3 is 1. The summed E-state index contributed by atoms with van der Waals surface area (Å²) >= 11 is 0. The molecule has 0 radical (unpaired) electrons. The highest BCUT2D eigenvalue weighted by molar-refractivity contribution is 7.92. The molecule has 3 N–H and O–H groups in total. The number of carboxylic acid groups (broad SMARTS) is 1. The standard InChI is InChI=1S/C36H29F2N7O8S/c1-44-31-18-39-12-11-25(31)34(47)45(36(44)50)23-7-3-20(4-8-23)13-30(35(48)49)42-33(46)26-14-28(38)29(15-27(26)37)43-54(51,52)24-9-5-21(6-10-24)22-16-40-32(19-53-2)41-17-22/h3-12,14-18,30,43H,13,19H2,1-2H3,(H,42,46)(H,48,49)/t30-/m0/s1. The number of carboxylic acids is 1. The van der Waals surface area contributed by atoms with Crippen LogP contribution in [0, 0.1) is 11.6 Å². The van der Waals surface area contributed by atoms with Crippen molar-refractivity contribution in [3.8, 4) is 16.8 Å². The number of aryl methyl sites for hydroxylation is 1. The number of carbonyl (C=O) groups is 2. The minimum Gasteiger partial charge on any atom is -0.480 e. The Kier molecular flexibility index (Phi) is 10.4. The highest BCUT2D eigenvalue weighted by Gasteiger charge is 2.26. The number of hydrogen-bond donors (Lipinski definition) is 3. The minimum atomic E-state index is -4.42. The van der Waals surface area contributed by atoms with E-state index in [0.29, 0.717) is 40.2 Å². The third kappa shape index (κ3) is 7.59. The molecule has 0 saturated heterocycles. The molecule has 3 aromatic carbocycles. The largest absolute Gasteiger partial charge is 0.480 e. The molecule has 15 nitrogen and oxygen atoms in total. The Bertz CT molecular complexity index is 2630. The van der Waals surface area contributed by atoms with Gasteiger partial charge in [0.05, 0.1) is 38.9 Å². The zero-order valence-corrected chi connectivity index (χ0v) is 29.2. The molecule has 0 aliphatic carbocycles. The average Bonchev–Trinajstić information content (AvgIpc) is 3.16. The van der Waals surface area contributed by atoms with E-state index in [4.69, 9.17) is 4.74 Å². The first-order chi connectivity index (χ1) is 25.8. The monoisotopic (exact) mass is 757 g/mol. The predicted octanol–water partition coefficient (Wildman–Crippen LogP) is 3.19. The number of ether oxygens (including phenoxy) is 1. The number of aliphatic carboxylic acids is 1. The number of benzene rings is 3. The Labute approximate surface area is 304 Å². The van der Waals surface area contributed by atoms with Crippen LogP contribution >= 0.6 is 0 Å². The number of sulfonamides is 1. The van der Waals surface area contributed by atoms with Crippen molar-refractivity contribution >= 4 is 38.5 Å². The van der Waals surface area contributed by atoms with Crippen molar-refractivity contribution in [2.24, 2.45) is 7.05 Å². The number of anilines is 1. The van der Waals surface area contributed by atoms with Gasteiger partial charge in [0.1, 0.15) is 24.3 Å². The van der Waals surface area contributed by atoms with Crippen LogP contribution in [0.3, 0.4) is 0 Å². The summed E-state index contributed by atoms with van der Waals surface area (Å²) in [5, 5.41) is 12.2. The van der Waals surface area contributed by atoms with Crippen LogP contribution in [0.15, 0.2) is 106 Å². The third-order valence-corrected chi connectivity index (χ3v) is 9.71. The summed E-state index contributed by atoms with van der Waals surface area (Å²) in [6, 6.07) is 12.0. The lowest BCUT2D eigenvalue weighted by molar-refractivity contribution is -0.139. The highest BCUT2D eigenvalue weighted by atomic mass is 32.2. The van der Waals surface area contributed by atoms with Crippen LogP contribution in [-0.2, 0) is 39.6 Å². The number of fused-ring (bicyclic) bond motifs is 1. The fourth-order valence-corrected chi connectivity index (χ4v) is 6.57. The quantitative estimate of drug-likeness (QED) is 0.165. The van der Waals surface area contributed by atoms with Gasteiger partial charge in [-0.2, -0.15) is 0 Å². The zero-order chi connectivity index (χ0) is 38.7. The van der Waals surface area contributed by atoms with Crippen LogP contribution in [0.1, 0.15) is 21.7 Å². The number of carbonyl (C=O) groups excluding carboxylic acids is 1. The molecule has 0 aliphatic heterocycles. The van der Waals surface area contributed by atoms with Gasteiger partial charge in [-0.3, -0.25) is 23.9 Å². The molecule has 0 aliphatic rings. The Balaban J connectivity index is 1.15. The van der Waals surface area contributed by atoms with E-state index in [1.807, 2.05) is 4.72 Å². The van der Waals surface area contributed by atoms with Crippen molar-refractivity contribution in [2.45, 2.75) is 24.0 Å². The van der Waals surface area contributed by atoms with Gasteiger partial charge in [-0.15, -0.1) is 0 Å². The first-order valence-electron chi connectivity index (χ1n) is 15.9. The lowest BCUT2D eigenvalue weighted by Crippen LogP contribution is -2.42. The van der Waals surface area contributed by atoms with Gasteiger partial charge in [0.2, 0.25) is 0 Å². The molecule has 1 amide bonds. The van der Waals surface area contributed by atoms with E-state index < -0.39 is 62.1 Å². The lowest BCUT2D eigenvalue weighted by Gasteiger charge is -2.16. The summed E-state index contributed by atoms with van der Waals surface area (Å²) in [7, 11) is -1.44. The second-order valence-electron chi connectivity index (χ2n) is 11.9. The summed E-state index contributed by atoms with van der Waals surface area (Å²) in [6.07, 6.45) is 5.57. The molecule has 6 rings (SSSR count). The van der Waals surface area contributed by atoms with Crippen LogP contribution in [0.2, 0.25) is 0 Å². The second kappa shape index (κ2) is 15.1. The summed E-state index contributed by atoms with van der Waals surface area (Å²) in [5.74, 6) is -4.94. The van der Waals surface area contributed by atoms with Crippen LogP contribution in [-0.4, -0.2) is 62.6 Å². The summed E-state index contributed by atoms with van der Waals surface area (Å²) in [5.41, 5.74) is -0.803. The SMILES string of the molecule is COCc1ncc(-c2ccc(S(=O)(=O)Nc3cc(F)c(C(=O)N[C@@H](Cc4ccc(-n5c(=O)c6ccncc6n(C)c5=O)cc4)C(=O)O)cc3F)cc2)cn1. The van der Waals surface area contributed by atoms with E-state index >= 15 is 8.78 Å². The molecule has 0 saturated carbocycles. The molecule has 3 heterocycles. The van der Waals surface area contributed by atoms with E-state index in [9.17, 15) is 32.7 Å². The molecule has 0 bridgehead atoms. The van der Waals surface area contributed by atoms with Crippen molar-refractivity contribution in [1.82, 2.24) is 29.4 Å². The van der Waals surface area contributed by atoms with E-state index in [2.05, 4.69) is 20.3 Å². The maximum absolute atomic E-state index is 15.2. The van der Waals surface area contributed by atoms with Gasteiger partial charge < -0.3 is 15.2 Å². The van der Waals surface area contributed by atoms with Crippen LogP contribution in [0.4, 0.5) is 14.5 Å². The second-order valence-corrected chi connectivity index (χ2v) is 13.6. The molecule has 0 fully saturated rings. The third-order valence-electron chi connectivity index (χ3n) is 8.33. The summed E-state index contributed by atoms with van der Waals surface area (Å²) in [6.45, 7) is 0.216. The van der Waals surface area contributed by atoms with Crippen molar-refractivity contribution in [3.05, 3.63) is 141 Å². The average molecular weight is 758 g/mol. The number of nitrogens with zero attached hydrogens (tertiary/aromatic N) is 5. The van der Waals surface area contributed by atoms with Gasteiger partial charge in [-0.05, 0) is 47.5 Å². The minimum absolute atomic E-state index is 0.198. The molecule has 18 heteroatoms. The van der Waals surface area contributed by atoms with Gasteiger partial charge in [0, 0.05) is 50.8 Å². The fraction of sp³-hybridized carbons (Fsp3) is 0.139. The Hall–Kier alpha value is -6.66. The van der Waals surface area contributed by atoms with E-state index in [1.54, 1.807) is 0 Å². The van der Waals surface area contributed by atoms with Crippen LogP contribution < -0.4 is 21.3 Å². The molecule has 0 spiro atoms. The molecule has 54 heavy (non-hydrogen) atoms. The Morgan fingerprint density at radius 2 is 1.61 bits per heavy atom. The van der Waals surface area contributed by atoms with Crippen molar-refractivity contribution in [2.75, 3.05) is 11.8 Å². The molecule has 1 atom stereocenters. The van der Waals surface area contributed by atoms with E-state index in [-0.39, 0.29) is 29.0 Å². The predicted molar refractivity (Wildman–Crippen MR) is 191 cm³/mol. The number of pyridine rings is 1. The highest BCUT2D eigenvalue weighted by Crippen LogP contribution is 2.25. The van der Waals surface area contributed by atoms with Crippen molar-refractivity contribution in [1.29, 1.82) is 0 Å². The van der Waals surface area contributed by atoms with Gasteiger partial charge >= 0.3 is 11.7 Å². The van der Waals surface area contributed by atoms with Crippen LogP contribution in [0.5, 0.6) is 0 Å². The first kappa shape index (κ1) is 37.1. The lowest BCUT2D eigenvalue weighted by atomic mass is 10.0.